The number of H-pyrrole nitrogens is 1. The molecule has 0 fully saturated rings. The highest BCUT2D eigenvalue weighted by Crippen LogP contribution is 2.23. The van der Waals surface area contributed by atoms with E-state index in [9.17, 15) is 13.6 Å². The summed E-state index contributed by atoms with van der Waals surface area (Å²) in [5.41, 5.74) is 0.855. The topological polar surface area (TPSA) is 42.1 Å². The van der Waals surface area contributed by atoms with Crippen LogP contribution in [0.15, 0.2) is 29.1 Å². The first-order valence-electron chi connectivity index (χ1n) is 6.07. The van der Waals surface area contributed by atoms with Gasteiger partial charge in [0.2, 0.25) is 0 Å². The van der Waals surface area contributed by atoms with E-state index in [2.05, 4.69) is 9.72 Å². The number of ether oxygens (including phenoxy) is 1. The maximum atomic E-state index is 12.3. The minimum atomic E-state index is -2.91. The van der Waals surface area contributed by atoms with Crippen molar-refractivity contribution in [3.8, 4) is 5.75 Å². The average Bonchev–Trinajstić information content (AvgIpc) is 2.28. The first kappa shape index (κ1) is 13.5. The number of hydrogen-bond acceptors (Lipinski definition) is 2. The fourth-order valence-electron chi connectivity index (χ4n) is 2.04. The van der Waals surface area contributed by atoms with Crippen molar-refractivity contribution in [2.75, 3.05) is 0 Å². The number of rotatable bonds is 4. The fraction of sp³-hybridized carbons (Fsp3) is 0.357. The van der Waals surface area contributed by atoms with Crippen molar-refractivity contribution < 1.29 is 13.5 Å². The molecule has 1 aromatic heterocycles. The molecule has 0 saturated carbocycles. The molecule has 0 aliphatic heterocycles. The molecule has 0 aliphatic rings. The molecule has 19 heavy (non-hydrogen) atoms. The maximum absolute atomic E-state index is 12.3. The third kappa shape index (κ3) is 3.10. The molecule has 2 rings (SSSR count). The minimum absolute atomic E-state index is 0.00444. The van der Waals surface area contributed by atoms with Gasteiger partial charge in [0.15, 0.2) is 5.43 Å². The van der Waals surface area contributed by atoms with Gasteiger partial charge in [0, 0.05) is 17.1 Å². The molecule has 0 unspecified atom stereocenters. The molecule has 0 spiro atoms. The highest BCUT2D eigenvalue weighted by molar-refractivity contribution is 5.84. The molecule has 0 saturated heterocycles. The van der Waals surface area contributed by atoms with Crippen molar-refractivity contribution in [3.63, 3.8) is 0 Å². The standard InChI is InChI=1S/C14H15F2NO2/c1-8(2)6-9-7-11(18)10-4-3-5-12(13(10)17-9)19-14(15)16/h3-5,7-8,14H,6H2,1-2H3,(H,17,18). The lowest BCUT2D eigenvalue weighted by atomic mass is 10.1. The van der Waals surface area contributed by atoms with Gasteiger partial charge in [-0.05, 0) is 24.5 Å². The van der Waals surface area contributed by atoms with Crippen LogP contribution in [0.4, 0.5) is 8.78 Å². The zero-order valence-corrected chi connectivity index (χ0v) is 10.7. The number of hydrogen-bond donors (Lipinski definition) is 1. The molecule has 102 valence electrons. The average molecular weight is 267 g/mol. The Morgan fingerprint density at radius 2 is 2.05 bits per heavy atom. The van der Waals surface area contributed by atoms with Gasteiger partial charge in [-0.2, -0.15) is 8.78 Å². The first-order chi connectivity index (χ1) is 8.97. The Morgan fingerprint density at radius 3 is 2.68 bits per heavy atom. The lowest BCUT2D eigenvalue weighted by Crippen LogP contribution is -2.09. The van der Waals surface area contributed by atoms with Crippen LogP contribution in [0.3, 0.4) is 0 Å². The number of fused-ring (bicyclic) bond motifs is 1. The molecule has 0 amide bonds. The summed E-state index contributed by atoms with van der Waals surface area (Å²) in [6.45, 7) is 1.12. The normalized spacial score (nSPS) is 11.5. The van der Waals surface area contributed by atoms with Crippen molar-refractivity contribution in [1.29, 1.82) is 0 Å². The second kappa shape index (κ2) is 5.38. The van der Waals surface area contributed by atoms with E-state index in [4.69, 9.17) is 0 Å². The van der Waals surface area contributed by atoms with Crippen LogP contribution in [-0.2, 0) is 6.42 Å². The monoisotopic (exact) mass is 267 g/mol. The van der Waals surface area contributed by atoms with Gasteiger partial charge < -0.3 is 9.72 Å². The Kier molecular flexibility index (Phi) is 3.83. The van der Waals surface area contributed by atoms with Crippen LogP contribution < -0.4 is 10.2 Å². The number of alkyl halides is 2. The highest BCUT2D eigenvalue weighted by Gasteiger charge is 2.11. The summed E-state index contributed by atoms with van der Waals surface area (Å²) in [6.07, 6.45) is 0.675. The molecule has 0 atom stereocenters. The van der Waals surface area contributed by atoms with Gasteiger partial charge in [-0.1, -0.05) is 19.9 Å². The molecule has 0 aliphatic carbocycles. The van der Waals surface area contributed by atoms with E-state index >= 15 is 0 Å². The van der Waals surface area contributed by atoms with Gasteiger partial charge in [-0.25, -0.2) is 0 Å². The van der Waals surface area contributed by atoms with E-state index in [1.807, 2.05) is 13.8 Å². The fourth-order valence-corrected chi connectivity index (χ4v) is 2.04. The number of aromatic amines is 1. The van der Waals surface area contributed by atoms with E-state index in [1.165, 1.54) is 18.2 Å². The Bertz CT molecular complexity index is 635. The van der Waals surface area contributed by atoms with Crippen LogP contribution in [0.1, 0.15) is 19.5 Å². The maximum Gasteiger partial charge on any atom is 0.387 e. The van der Waals surface area contributed by atoms with E-state index in [0.717, 1.165) is 5.69 Å². The van der Waals surface area contributed by atoms with Gasteiger partial charge in [0.05, 0.1) is 5.52 Å². The van der Waals surface area contributed by atoms with Crippen LogP contribution in [-0.4, -0.2) is 11.6 Å². The van der Waals surface area contributed by atoms with Crippen LogP contribution in [0.5, 0.6) is 5.75 Å². The second-order valence-corrected chi connectivity index (χ2v) is 4.81. The minimum Gasteiger partial charge on any atom is -0.433 e. The molecule has 3 nitrogen and oxygen atoms in total. The number of nitrogens with one attached hydrogen (secondary N) is 1. The van der Waals surface area contributed by atoms with Gasteiger partial charge in [0.25, 0.3) is 0 Å². The summed E-state index contributed by atoms with van der Waals surface area (Å²) in [7, 11) is 0. The van der Waals surface area contributed by atoms with Crippen LogP contribution >= 0.6 is 0 Å². The lowest BCUT2D eigenvalue weighted by Gasteiger charge is -2.10. The summed E-state index contributed by atoms with van der Waals surface area (Å²) in [5, 5.41) is 0.352. The van der Waals surface area contributed by atoms with Crippen LogP contribution in [0.25, 0.3) is 10.9 Å². The lowest BCUT2D eigenvalue weighted by molar-refractivity contribution is -0.0489. The second-order valence-electron chi connectivity index (χ2n) is 4.81. The predicted molar refractivity (Wildman–Crippen MR) is 69.7 cm³/mol. The zero-order chi connectivity index (χ0) is 14.0. The number of pyridine rings is 1. The Labute approximate surface area is 109 Å². The molecule has 0 radical (unpaired) electrons. The van der Waals surface area contributed by atoms with E-state index in [1.54, 1.807) is 6.07 Å². The Hall–Kier alpha value is -1.91. The molecule has 1 N–H and O–H groups in total. The summed E-state index contributed by atoms with van der Waals surface area (Å²) < 4.78 is 29.1. The molecule has 0 bridgehead atoms. The molecular weight excluding hydrogens is 252 g/mol. The summed E-state index contributed by atoms with van der Waals surface area (Å²) in [4.78, 5) is 15.0. The quantitative estimate of drug-likeness (QED) is 0.923. The van der Waals surface area contributed by atoms with Crippen LogP contribution in [0.2, 0.25) is 0 Å². The molecular formula is C14H15F2NO2. The number of para-hydroxylation sites is 1. The van der Waals surface area contributed by atoms with Gasteiger partial charge in [-0.3, -0.25) is 4.79 Å². The van der Waals surface area contributed by atoms with Crippen LogP contribution in [0, 0.1) is 5.92 Å². The van der Waals surface area contributed by atoms with Gasteiger partial charge in [0.1, 0.15) is 5.75 Å². The van der Waals surface area contributed by atoms with E-state index in [0.29, 0.717) is 23.2 Å². The Morgan fingerprint density at radius 1 is 1.32 bits per heavy atom. The predicted octanol–water partition coefficient (Wildman–Crippen LogP) is 3.33. The third-order valence-electron chi connectivity index (χ3n) is 2.73. The molecule has 5 heteroatoms. The number of halogens is 2. The first-order valence-corrected chi connectivity index (χ1v) is 6.07. The summed E-state index contributed by atoms with van der Waals surface area (Å²) in [6, 6.07) is 6.04. The van der Waals surface area contributed by atoms with Crippen molar-refractivity contribution in [2.24, 2.45) is 5.92 Å². The van der Waals surface area contributed by atoms with Crippen molar-refractivity contribution >= 4 is 10.9 Å². The van der Waals surface area contributed by atoms with Gasteiger partial charge >= 0.3 is 6.61 Å². The van der Waals surface area contributed by atoms with Gasteiger partial charge in [-0.15, -0.1) is 0 Å². The number of aromatic nitrogens is 1. The Balaban J connectivity index is 2.58. The SMILES string of the molecule is CC(C)Cc1cc(=O)c2cccc(OC(F)F)c2[nH]1. The van der Waals surface area contributed by atoms with E-state index < -0.39 is 6.61 Å². The zero-order valence-electron chi connectivity index (χ0n) is 10.7. The van der Waals surface area contributed by atoms with Crippen molar-refractivity contribution in [3.05, 3.63) is 40.2 Å². The summed E-state index contributed by atoms with van der Waals surface area (Å²) >= 11 is 0. The van der Waals surface area contributed by atoms with Crippen molar-refractivity contribution in [2.45, 2.75) is 26.9 Å². The molecule has 2 aromatic rings. The molecule has 1 heterocycles. The third-order valence-corrected chi connectivity index (χ3v) is 2.73. The smallest absolute Gasteiger partial charge is 0.387 e. The molecule has 1 aromatic carbocycles. The largest absolute Gasteiger partial charge is 0.433 e. The summed E-state index contributed by atoms with van der Waals surface area (Å²) in [5.74, 6) is 0.353. The van der Waals surface area contributed by atoms with E-state index in [-0.39, 0.29) is 11.2 Å². The van der Waals surface area contributed by atoms with Crippen molar-refractivity contribution in [1.82, 2.24) is 4.98 Å². The number of benzene rings is 1. The highest BCUT2D eigenvalue weighted by atomic mass is 19.3.